The van der Waals surface area contributed by atoms with Crippen molar-refractivity contribution in [2.24, 2.45) is 11.1 Å². The van der Waals surface area contributed by atoms with Gasteiger partial charge in [-0.1, -0.05) is 31.5 Å². The zero-order chi connectivity index (χ0) is 13.6. The molecule has 1 aliphatic rings. The Labute approximate surface area is 112 Å². The second-order valence-electron chi connectivity index (χ2n) is 4.49. The van der Waals surface area contributed by atoms with E-state index in [9.17, 15) is 9.59 Å². The molecule has 3 N–H and O–H groups in total. The highest BCUT2D eigenvalue weighted by molar-refractivity contribution is 7.80. The van der Waals surface area contributed by atoms with Gasteiger partial charge in [-0.2, -0.15) is 0 Å². The molecule has 0 radical (unpaired) electrons. The Kier molecular flexibility index (Phi) is 5.53. The van der Waals surface area contributed by atoms with Crippen LogP contribution >= 0.6 is 12.2 Å². The third-order valence-electron chi connectivity index (χ3n) is 3.31. The molecule has 6 heteroatoms. The minimum absolute atomic E-state index is 0.128. The average molecular weight is 272 g/mol. The first-order valence-corrected chi connectivity index (χ1v) is 6.67. The van der Waals surface area contributed by atoms with Gasteiger partial charge in [-0.3, -0.25) is 9.59 Å². The number of thiocarbonyl (C=S) groups is 1. The Balaban J connectivity index is 2.61. The lowest BCUT2D eigenvalue weighted by Gasteiger charge is -2.34. The lowest BCUT2D eigenvalue weighted by Crippen LogP contribution is -2.51. The summed E-state index contributed by atoms with van der Waals surface area (Å²) in [6, 6.07) is 0. The molecule has 1 saturated carbocycles. The molecule has 0 spiro atoms. The van der Waals surface area contributed by atoms with Gasteiger partial charge in [0, 0.05) is 0 Å². The van der Waals surface area contributed by atoms with Crippen LogP contribution in [0.1, 0.15) is 39.0 Å². The van der Waals surface area contributed by atoms with Crippen molar-refractivity contribution >= 4 is 29.1 Å². The zero-order valence-corrected chi connectivity index (χ0v) is 11.5. The predicted molar refractivity (Wildman–Crippen MR) is 71.9 cm³/mol. The van der Waals surface area contributed by atoms with Crippen molar-refractivity contribution in [2.75, 3.05) is 13.2 Å². The van der Waals surface area contributed by atoms with E-state index in [1.807, 2.05) is 0 Å². The monoisotopic (exact) mass is 272 g/mol. The lowest BCUT2D eigenvalue weighted by molar-refractivity contribution is -0.144. The van der Waals surface area contributed by atoms with E-state index >= 15 is 0 Å². The minimum Gasteiger partial charge on any atom is -0.465 e. The third-order valence-corrected chi connectivity index (χ3v) is 3.70. The van der Waals surface area contributed by atoms with Crippen molar-refractivity contribution < 1.29 is 14.3 Å². The van der Waals surface area contributed by atoms with Crippen LogP contribution in [0.25, 0.3) is 0 Å². The van der Waals surface area contributed by atoms with Crippen LogP contribution in [0.3, 0.4) is 0 Å². The molecule has 102 valence electrons. The molecule has 0 atom stereocenters. The molecule has 1 amide bonds. The molecular formula is C12H20N2O3S. The summed E-state index contributed by atoms with van der Waals surface area (Å²) >= 11 is 5.04. The molecule has 1 aliphatic carbocycles. The lowest BCUT2D eigenvalue weighted by atomic mass is 9.73. The highest BCUT2D eigenvalue weighted by atomic mass is 32.1. The fourth-order valence-electron chi connectivity index (χ4n) is 2.27. The van der Waals surface area contributed by atoms with Crippen LogP contribution in [0.2, 0.25) is 0 Å². The van der Waals surface area contributed by atoms with Gasteiger partial charge in [0.2, 0.25) is 5.91 Å². The van der Waals surface area contributed by atoms with Crippen LogP contribution in [0.4, 0.5) is 0 Å². The minimum atomic E-state index is -0.778. The fourth-order valence-corrected chi connectivity index (χ4v) is 2.57. The maximum atomic E-state index is 12.2. The summed E-state index contributed by atoms with van der Waals surface area (Å²) < 4.78 is 4.76. The summed E-state index contributed by atoms with van der Waals surface area (Å²) in [6.07, 6.45) is 4.29. The molecule has 0 bridgehead atoms. The van der Waals surface area contributed by atoms with E-state index in [1.54, 1.807) is 6.92 Å². The molecule has 1 fully saturated rings. The smallest absolute Gasteiger partial charge is 0.325 e. The van der Waals surface area contributed by atoms with Gasteiger partial charge >= 0.3 is 5.97 Å². The van der Waals surface area contributed by atoms with Gasteiger partial charge in [-0.25, -0.2) is 0 Å². The Bertz CT molecular complexity index is 338. The number of carbonyl (C=O) groups excluding carboxylic acids is 2. The largest absolute Gasteiger partial charge is 0.465 e. The summed E-state index contributed by atoms with van der Waals surface area (Å²) in [5.41, 5.74) is 4.94. The van der Waals surface area contributed by atoms with Crippen molar-refractivity contribution in [3.8, 4) is 0 Å². The first-order chi connectivity index (χ1) is 8.53. The highest BCUT2D eigenvalue weighted by Gasteiger charge is 2.42. The van der Waals surface area contributed by atoms with Gasteiger partial charge in [-0.05, 0) is 19.8 Å². The van der Waals surface area contributed by atoms with E-state index in [0.29, 0.717) is 19.4 Å². The Morgan fingerprint density at radius 2 is 1.94 bits per heavy atom. The van der Waals surface area contributed by atoms with Gasteiger partial charge < -0.3 is 15.8 Å². The van der Waals surface area contributed by atoms with E-state index in [-0.39, 0.29) is 17.4 Å². The van der Waals surface area contributed by atoms with E-state index in [2.05, 4.69) is 5.32 Å². The highest BCUT2D eigenvalue weighted by Crippen LogP contribution is 2.36. The number of hydrogen-bond acceptors (Lipinski definition) is 4. The first-order valence-electron chi connectivity index (χ1n) is 6.27. The number of amides is 1. The third kappa shape index (κ3) is 3.41. The number of ether oxygens (including phenoxy) is 1. The van der Waals surface area contributed by atoms with Gasteiger partial charge in [0.25, 0.3) is 0 Å². The number of hydrogen-bond donors (Lipinski definition) is 2. The summed E-state index contributed by atoms with van der Waals surface area (Å²) in [4.78, 5) is 23.6. The van der Waals surface area contributed by atoms with Crippen LogP contribution in [0.5, 0.6) is 0 Å². The summed E-state index contributed by atoms with van der Waals surface area (Å²) in [5, 5.41) is 2.58. The standard InChI is InChI=1S/C12H20N2O3S/c1-2-17-9(15)8-14-11(16)12(10(13)18)6-4-3-5-7-12/h2-8H2,1H3,(H2,13,18)(H,14,16). The van der Waals surface area contributed by atoms with Crippen LogP contribution in [-0.4, -0.2) is 30.0 Å². The maximum absolute atomic E-state index is 12.2. The molecule has 1 rings (SSSR count). The second kappa shape index (κ2) is 6.68. The van der Waals surface area contributed by atoms with Gasteiger partial charge in [-0.15, -0.1) is 0 Å². The number of esters is 1. The van der Waals surface area contributed by atoms with Gasteiger partial charge in [0.1, 0.15) is 6.54 Å². The quantitative estimate of drug-likeness (QED) is 0.574. The van der Waals surface area contributed by atoms with Crippen molar-refractivity contribution in [3.05, 3.63) is 0 Å². The summed E-state index contributed by atoms with van der Waals surface area (Å²) in [6.45, 7) is 1.89. The van der Waals surface area contributed by atoms with E-state index in [1.165, 1.54) is 0 Å². The van der Waals surface area contributed by atoms with Crippen molar-refractivity contribution in [2.45, 2.75) is 39.0 Å². The molecule has 0 heterocycles. The Morgan fingerprint density at radius 1 is 1.33 bits per heavy atom. The van der Waals surface area contributed by atoms with Crippen molar-refractivity contribution in [3.63, 3.8) is 0 Å². The first kappa shape index (κ1) is 14.9. The van der Waals surface area contributed by atoms with Crippen molar-refractivity contribution in [1.29, 1.82) is 0 Å². The van der Waals surface area contributed by atoms with Crippen LogP contribution in [-0.2, 0) is 14.3 Å². The molecule has 0 aromatic carbocycles. The predicted octanol–water partition coefficient (Wildman–Crippen LogP) is 0.902. The normalized spacial score (nSPS) is 17.8. The maximum Gasteiger partial charge on any atom is 0.325 e. The van der Waals surface area contributed by atoms with E-state index < -0.39 is 11.4 Å². The zero-order valence-electron chi connectivity index (χ0n) is 10.7. The number of nitrogens with one attached hydrogen (secondary N) is 1. The number of rotatable bonds is 5. The molecule has 0 aromatic rings. The summed E-state index contributed by atoms with van der Waals surface area (Å²) in [5.74, 6) is -0.692. The molecule has 0 unspecified atom stereocenters. The summed E-state index contributed by atoms with van der Waals surface area (Å²) in [7, 11) is 0. The average Bonchev–Trinajstić information content (AvgIpc) is 2.37. The molecule has 0 aliphatic heterocycles. The Hall–Kier alpha value is -1.17. The van der Waals surface area contributed by atoms with Crippen LogP contribution in [0.15, 0.2) is 0 Å². The van der Waals surface area contributed by atoms with Crippen LogP contribution < -0.4 is 11.1 Å². The number of carbonyl (C=O) groups is 2. The SMILES string of the molecule is CCOC(=O)CNC(=O)C1(C(N)=S)CCCCC1. The second-order valence-corrected chi connectivity index (χ2v) is 4.93. The van der Waals surface area contributed by atoms with Gasteiger partial charge in [0.05, 0.1) is 17.0 Å². The van der Waals surface area contributed by atoms with Crippen LogP contribution in [0, 0.1) is 5.41 Å². The molecular weight excluding hydrogens is 252 g/mol. The van der Waals surface area contributed by atoms with E-state index in [4.69, 9.17) is 22.7 Å². The molecule has 18 heavy (non-hydrogen) atoms. The number of nitrogens with two attached hydrogens (primary N) is 1. The fraction of sp³-hybridized carbons (Fsp3) is 0.750. The Morgan fingerprint density at radius 3 is 2.44 bits per heavy atom. The molecule has 0 aromatic heterocycles. The van der Waals surface area contributed by atoms with E-state index in [0.717, 1.165) is 19.3 Å². The topological polar surface area (TPSA) is 81.4 Å². The molecule has 0 saturated heterocycles. The van der Waals surface area contributed by atoms with Gasteiger partial charge in [0.15, 0.2) is 0 Å². The van der Waals surface area contributed by atoms with Crippen molar-refractivity contribution in [1.82, 2.24) is 5.32 Å². The molecule has 5 nitrogen and oxygen atoms in total.